The molecule has 1 fully saturated rings. The van der Waals surface area contributed by atoms with Crippen LogP contribution in [-0.4, -0.2) is 47.6 Å². The van der Waals surface area contributed by atoms with E-state index < -0.39 is 0 Å². The summed E-state index contributed by atoms with van der Waals surface area (Å²) < 4.78 is 5.34. The van der Waals surface area contributed by atoms with Crippen molar-refractivity contribution in [2.45, 2.75) is 39.8 Å². The molecule has 0 spiro atoms. The SMILES string of the molecule is Cc1nc(CN2CCOCC2)sc1C(=O)NC(C)(C)C. The molecule has 1 amide bonds. The van der Waals surface area contributed by atoms with Crippen molar-refractivity contribution in [3.8, 4) is 0 Å². The van der Waals surface area contributed by atoms with Crippen LogP contribution in [0.1, 0.15) is 41.1 Å². The summed E-state index contributed by atoms with van der Waals surface area (Å²) >= 11 is 1.50. The average molecular weight is 297 g/mol. The van der Waals surface area contributed by atoms with Crippen LogP contribution in [0.2, 0.25) is 0 Å². The first-order valence-electron chi connectivity index (χ1n) is 6.94. The molecular formula is C14H23N3O2S. The Bertz CT molecular complexity index is 473. The first-order valence-corrected chi connectivity index (χ1v) is 7.76. The van der Waals surface area contributed by atoms with E-state index in [-0.39, 0.29) is 11.4 Å². The highest BCUT2D eigenvalue weighted by molar-refractivity contribution is 7.13. The fraction of sp³-hybridized carbons (Fsp3) is 0.714. The van der Waals surface area contributed by atoms with Gasteiger partial charge in [-0.3, -0.25) is 9.69 Å². The van der Waals surface area contributed by atoms with E-state index in [1.54, 1.807) is 0 Å². The fourth-order valence-corrected chi connectivity index (χ4v) is 3.08. The van der Waals surface area contributed by atoms with Crippen LogP contribution in [-0.2, 0) is 11.3 Å². The highest BCUT2D eigenvalue weighted by Gasteiger charge is 2.21. The molecule has 1 saturated heterocycles. The predicted octanol–water partition coefficient (Wildman–Crippen LogP) is 1.81. The maximum Gasteiger partial charge on any atom is 0.263 e. The molecule has 1 aliphatic rings. The standard InChI is InChI=1S/C14H23N3O2S/c1-10-12(13(18)16-14(2,3)4)20-11(15-10)9-17-5-7-19-8-6-17/h5-9H2,1-4H3,(H,16,18). The van der Waals surface area contributed by atoms with Gasteiger partial charge in [0.2, 0.25) is 0 Å². The molecule has 0 aromatic carbocycles. The Morgan fingerprint density at radius 1 is 1.40 bits per heavy atom. The fourth-order valence-electron chi connectivity index (χ4n) is 2.08. The summed E-state index contributed by atoms with van der Waals surface area (Å²) in [7, 11) is 0. The molecule has 0 saturated carbocycles. The zero-order valence-electron chi connectivity index (χ0n) is 12.7. The van der Waals surface area contributed by atoms with Crippen molar-refractivity contribution in [3.05, 3.63) is 15.6 Å². The Kier molecular flexibility index (Phi) is 4.78. The van der Waals surface area contributed by atoms with E-state index in [0.717, 1.165) is 48.4 Å². The van der Waals surface area contributed by atoms with Crippen molar-refractivity contribution in [2.75, 3.05) is 26.3 Å². The molecule has 1 aromatic rings. The molecule has 0 radical (unpaired) electrons. The zero-order valence-corrected chi connectivity index (χ0v) is 13.5. The van der Waals surface area contributed by atoms with Crippen molar-refractivity contribution in [1.29, 1.82) is 0 Å². The van der Waals surface area contributed by atoms with Gasteiger partial charge in [-0.25, -0.2) is 4.98 Å². The second-order valence-electron chi connectivity index (χ2n) is 6.11. The van der Waals surface area contributed by atoms with Gasteiger partial charge < -0.3 is 10.1 Å². The van der Waals surface area contributed by atoms with E-state index in [2.05, 4.69) is 15.2 Å². The lowest BCUT2D eigenvalue weighted by molar-refractivity contribution is 0.0341. The van der Waals surface area contributed by atoms with E-state index in [9.17, 15) is 4.79 Å². The molecule has 20 heavy (non-hydrogen) atoms. The molecule has 1 aliphatic heterocycles. The summed E-state index contributed by atoms with van der Waals surface area (Å²) in [5, 5.41) is 3.99. The molecule has 0 unspecified atom stereocenters. The van der Waals surface area contributed by atoms with E-state index in [4.69, 9.17) is 4.74 Å². The molecule has 0 atom stereocenters. The van der Waals surface area contributed by atoms with Crippen LogP contribution in [0.3, 0.4) is 0 Å². The Morgan fingerprint density at radius 2 is 2.05 bits per heavy atom. The van der Waals surface area contributed by atoms with Gasteiger partial charge in [-0.15, -0.1) is 11.3 Å². The third kappa shape index (κ3) is 4.26. The van der Waals surface area contributed by atoms with Crippen molar-refractivity contribution in [3.63, 3.8) is 0 Å². The van der Waals surface area contributed by atoms with E-state index in [1.807, 2.05) is 27.7 Å². The van der Waals surface area contributed by atoms with Gasteiger partial charge in [0.25, 0.3) is 5.91 Å². The van der Waals surface area contributed by atoms with Gasteiger partial charge in [-0.2, -0.15) is 0 Å². The molecule has 6 heteroatoms. The summed E-state index contributed by atoms with van der Waals surface area (Å²) in [6, 6.07) is 0. The molecule has 5 nitrogen and oxygen atoms in total. The van der Waals surface area contributed by atoms with E-state index in [1.165, 1.54) is 11.3 Å². The predicted molar refractivity (Wildman–Crippen MR) is 80.2 cm³/mol. The van der Waals surface area contributed by atoms with Crippen LogP contribution < -0.4 is 5.32 Å². The molecule has 0 aliphatic carbocycles. The number of amides is 1. The molecule has 112 valence electrons. The van der Waals surface area contributed by atoms with Gasteiger partial charge in [0.15, 0.2) is 0 Å². The number of thiazole rings is 1. The Labute approximate surface area is 124 Å². The maximum atomic E-state index is 12.2. The molecule has 0 bridgehead atoms. The highest BCUT2D eigenvalue weighted by atomic mass is 32.1. The van der Waals surface area contributed by atoms with Crippen LogP contribution in [0.4, 0.5) is 0 Å². The third-order valence-electron chi connectivity index (χ3n) is 3.00. The second kappa shape index (κ2) is 6.20. The Hall–Kier alpha value is -0.980. The number of hydrogen-bond acceptors (Lipinski definition) is 5. The van der Waals surface area contributed by atoms with Gasteiger partial charge >= 0.3 is 0 Å². The highest BCUT2D eigenvalue weighted by Crippen LogP contribution is 2.20. The minimum absolute atomic E-state index is 0.0271. The van der Waals surface area contributed by atoms with Gasteiger partial charge in [-0.1, -0.05) is 0 Å². The quantitative estimate of drug-likeness (QED) is 0.924. The number of morpholine rings is 1. The summed E-state index contributed by atoms with van der Waals surface area (Å²) in [6.45, 7) is 12.1. The maximum absolute atomic E-state index is 12.2. The van der Waals surface area contributed by atoms with Gasteiger partial charge in [-0.05, 0) is 27.7 Å². The summed E-state index contributed by atoms with van der Waals surface area (Å²) in [6.07, 6.45) is 0. The summed E-state index contributed by atoms with van der Waals surface area (Å²) in [4.78, 5) is 19.8. The summed E-state index contributed by atoms with van der Waals surface area (Å²) in [5.41, 5.74) is 0.595. The Morgan fingerprint density at radius 3 is 2.65 bits per heavy atom. The number of carbonyl (C=O) groups excluding carboxylic acids is 1. The van der Waals surface area contributed by atoms with Crippen LogP contribution in [0.15, 0.2) is 0 Å². The second-order valence-corrected chi connectivity index (χ2v) is 7.20. The molecule has 1 aromatic heterocycles. The molecular weight excluding hydrogens is 274 g/mol. The van der Waals surface area contributed by atoms with E-state index in [0.29, 0.717) is 0 Å². The lowest BCUT2D eigenvalue weighted by atomic mass is 10.1. The summed E-state index contributed by atoms with van der Waals surface area (Å²) in [5.74, 6) is -0.0271. The van der Waals surface area contributed by atoms with Crippen molar-refractivity contribution < 1.29 is 9.53 Å². The number of rotatable bonds is 3. The monoisotopic (exact) mass is 297 g/mol. The third-order valence-corrected chi connectivity index (χ3v) is 4.14. The number of aromatic nitrogens is 1. The number of nitrogens with zero attached hydrogens (tertiary/aromatic N) is 2. The minimum Gasteiger partial charge on any atom is -0.379 e. The van der Waals surface area contributed by atoms with E-state index >= 15 is 0 Å². The smallest absolute Gasteiger partial charge is 0.263 e. The van der Waals surface area contributed by atoms with Crippen molar-refractivity contribution >= 4 is 17.2 Å². The lowest BCUT2D eigenvalue weighted by Crippen LogP contribution is -2.40. The van der Waals surface area contributed by atoms with Gasteiger partial charge in [0.1, 0.15) is 9.88 Å². The normalized spacial score (nSPS) is 17.2. The number of hydrogen-bond donors (Lipinski definition) is 1. The van der Waals surface area contributed by atoms with Crippen molar-refractivity contribution in [2.24, 2.45) is 0 Å². The Balaban J connectivity index is 2.03. The molecule has 2 rings (SSSR count). The first-order chi connectivity index (χ1) is 9.35. The van der Waals surface area contributed by atoms with Gasteiger partial charge in [0, 0.05) is 18.6 Å². The lowest BCUT2D eigenvalue weighted by Gasteiger charge is -2.25. The molecule has 2 heterocycles. The number of carbonyl (C=O) groups is 1. The van der Waals surface area contributed by atoms with Crippen LogP contribution in [0, 0.1) is 6.92 Å². The largest absolute Gasteiger partial charge is 0.379 e. The van der Waals surface area contributed by atoms with Crippen LogP contribution in [0.25, 0.3) is 0 Å². The number of nitrogens with one attached hydrogen (secondary N) is 1. The van der Waals surface area contributed by atoms with Crippen LogP contribution in [0.5, 0.6) is 0 Å². The average Bonchev–Trinajstić information content (AvgIpc) is 2.69. The van der Waals surface area contributed by atoms with Crippen LogP contribution >= 0.6 is 11.3 Å². The number of ether oxygens (including phenoxy) is 1. The van der Waals surface area contributed by atoms with Crippen molar-refractivity contribution in [1.82, 2.24) is 15.2 Å². The zero-order chi connectivity index (χ0) is 14.8. The van der Waals surface area contributed by atoms with Gasteiger partial charge in [0.05, 0.1) is 25.5 Å². The number of aryl methyl sites for hydroxylation is 1. The minimum atomic E-state index is -0.224. The topological polar surface area (TPSA) is 54.5 Å². The first kappa shape index (κ1) is 15.4. The molecule has 1 N–H and O–H groups in total.